The molecule has 3 N–H and O–H groups in total. The zero-order chi connectivity index (χ0) is 16.8. The van der Waals surface area contributed by atoms with Crippen LogP contribution in [0.2, 0.25) is 0 Å². The van der Waals surface area contributed by atoms with Crippen molar-refractivity contribution in [2.75, 3.05) is 6.54 Å². The van der Waals surface area contributed by atoms with Crippen molar-refractivity contribution in [2.24, 2.45) is 5.73 Å². The average molecular weight is 360 g/mol. The molecule has 0 aromatic rings. The van der Waals surface area contributed by atoms with E-state index in [1.165, 1.54) is 51.4 Å². The Morgan fingerprint density at radius 3 is 1.70 bits per heavy atom. The summed E-state index contributed by atoms with van der Waals surface area (Å²) in [5.74, 6) is -0.471. The molecule has 0 saturated carbocycles. The van der Waals surface area contributed by atoms with Crippen LogP contribution in [0.5, 0.6) is 0 Å². The number of unbranched alkanes of at least 4 members (excludes halogenated alkanes) is 10. The fourth-order valence-electron chi connectivity index (χ4n) is 2.54. The van der Waals surface area contributed by atoms with Crippen LogP contribution >= 0.6 is 0 Å². The van der Waals surface area contributed by atoms with E-state index in [0.717, 1.165) is 12.8 Å². The molecule has 7 heteroatoms. The van der Waals surface area contributed by atoms with Crippen LogP contribution in [0.25, 0.3) is 0 Å². The van der Waals surface area contributed by atoms with Crippen molar-refractivity contribution in [3.05, 3.63) is 0 Å². The van der Waals surface area contributed by atoms with Gasteiger partial charge in [-0.15, -0.1) is 0 Å². The number of Topliss-reactive ketones (excluding diaryl/α,β-unsaturated/α-hetero) is 1. The van der Waals surface area contributed by atoms with Gasteiger partial charge < -0.3 is 7.16 Å². The van der Waals surface area contributed by atoms with Crippen LogP contribution in [0.1, 0.15) is 85.4 Å². The van der Waals surface area contributed by atoms with Crippen LogP contribution in [-0.2, 0) is 14.9 Å². The third-order valence-electron chi connectivity index (χ3n) is 3.96. The van der Waals surface area contributed by atoms with Gasteiger partial charge >= 0.3 is 29.6 Å². The fraction of sp³-hybridized carbons (Fsp3) is 0.938. The summed E-state index contributed by atoms with van der Waals surface area (Å²) in [5, 5.41) is -1.45. The minimum absolute atomic E-state index is 0. The van der Waals surface area contributed by atoms with E-state index in [0.29, 0.717) is 6.42 Å². The van der Waals surface area contributed by atoms with E-state index >= 15 is 0 Å². The topological polar surface area (TPSA) is 97.5 Å². The van der Waals surface area contributed by atoms with Gasteiger partial charge in [0.2, 0.25) is 0 Å². The van der Waals surface area contributed by atoms with Gasteiger partial charge in [-0.25, -0.2) is 0 Å². The van der Waals surface area contributed by atoms with E-state index < -0.39 is 21.2 Å². The Morgan fingerprint density at radius 1 is 0.957 bits per heavy atom. The maximum atomic E-state index is 11.7. The number of ketones is 1. The molecule has 0 bridgehead atoms. The van der Waals surface area contributed by atoms with Gasteiger partial charge in [0.05, 0.1) is 0 Å². The molecule has 0 aliphatic carbocycles. The van der Waals surface area contributed by atoms with Crippen molar-refractivity contribution < 1.29 is 48.7 Å². The summed E-state index contributed by atoms with van der Waals surface area (Å²) in [4.78, 5) is 11.7. The summed E-state index contributed by atoms with van der Waals surface area (Å²) in [7, 11) is -4.35. The van der Waals surface area contributed by atoms with Gasteiger partial charge in [-0.1, -0.05) is 71.1 Å². The van der Waals surface area contributed by atoms with Gasteiger partial charge in [0.1, 0.15) is 0 Å². The second-order valence-electron chi connectivity index (χ2n) is 5.99. The molecule has 0 aromatic heterocycles. The molecule has 0 amide bonds. The monoisotopic (exact) mass is 359 g/mol. The molecule has 1 atom stereocenters. The molecule has 0 saturated heterocycles. The number of hydrogen-bond acceptors (Lipinski definition) is 4. The Bertz CT molecular complexity index is 394. The van der Waals surface area contributed by atoms with E-state index in [2.05, 4.69) is 6.92 Å². The molecule has 23 heavy (non-hydrogen) atoms. The van der Waals surface area contributed by atoms with Crippen molar-refractivity contribution >= 4 is 15.9 Å². The van der Waals surface area contributed by atoms with Crippen LogP contribution < -0.4 is 35.3 Å². The predicted octanol–water partition coefficient (Wildman–Crippen LogP) is 0.588. The van der Waals surface area contributed by atoms with E-state index in [-0.39, 0.29) is 43.9 Å². The summed E-state index contributed by atoms with van der Waals surface area (Å²) in [5.41, 5.74) is 5.23. The molecule has 134 valence electrons. The first kappa shape index (κ1) is 25.8. The molecule has 0 rings (SSSR count). The van der Waals surface area contributed by atoms with Crippen molar-refractivity contribution in [1.82, 2.24) is 0 Å². The van der Waals surface area contributed by atoms with Gasteiger partial charge in [0.25, 0.3) is 10.1 Å². The molecule has 1 unspecified atom stereocenters. The standard InChI is InChI=1S/C16H33NO4S.Na.H/c1-2-3-4-5-6-7-8-9-10-11-12-13-15(18)16(14-17)22(19,20)21;;/h16H,2-14,17H2,1H3,(H,19,20,21);;/q;+1;-1. The number of rotatable bonds is 15. The molecule has 5 nitrogen and oxygen atoms in total. The van der Waals surface area contributed by atoms with Gasteiger partial charge in [-0.05, 0) is 6.42 Å². The van der Waals surface area contributed by atoms with Crippen LogP contribution in [0.4, 0.5) is 0 Å². The first-order valence-corrected chi connectivity index (χ1v) is 10.1. The number of nitrogens with two attached hydrogens (primary N) is 1. The van der Waals surface area contributed by atoms with Crippen LogP contribution in [-0.4, -0.2) is 30.5 Å². The van der Waals surface area contributed by atoms with Crippen molar-refractivity contribution in [1.29, 1.82) is 0 Å². The van der Waals surface area contributed by atoms with E-state index in [1.807, 2.05) is 0 Å². The Balaban J connectivity index is -0.00000220. The van der Waals surface area contributed by atoms with Crippen LogP contribution in [0.15, 0.2) is 0 Å². The van der Waals surface area contributed by atoms with E-state index in [1.54, 1.807) is 0 Å². The fourth-order valence-corrected chi connectivity index (χ4v) is 3.24. The van der Waals surface area contributed by atoms with Gasteiger partial charge in [0.15, 0.2) is 11.0 Å². The second kappa shape index (κ2) is 16.0. The minimum atomic E-state index is -4.35. The van der Waals surface area contributed by atoms with Crippen molar-refractivity contribution in [3.8, 4) is 0 Å². The van der Waals surface area contributed by atoms with Gasteiger partial charge in [-0.3, -0.25) is 9.35 Å². The zero-order valence-corrected chi connectivity index (χ0v) is 17.7. The number of carbonyl (C=O) groups is 1. The van der Waals surface area contributed by atoms with E-state index in [4.69, 9.17) is 10.3 Å². The van der Waals surface area contributed by atoms with Gasteiger partial charge in [-0.2, -0.15) is 8.42 Å². The molecule has 0 aliphatic rings. The molecule has 0 aromatic carbocycles. The number of carbonyl (C=O) groups excluding carboxylic acids is 1. The van der Waals surface area contributed by atoms with Crippen molar-refractivity contribution in [3.63, 3.8) is 0 Å². The van der Waals surface area contributed by atoms with Gasteiger partial charge in [0, 0.05) is 13.0 Å². The summed E-state index contributed by atoms with van der Waals surface area (Å²) >= 11 is 0. The summed E-state index contributed by atoms with van der Waals surface area (Å²) < 4.78 is 30.8. The SMILES string of the molecule is CCCCCCCCCCCCCC(=O)C(CN)S(=O)(=O)O.[H-].[Na+]. The Kier molecular flexibility index (Phi) is 18.0. The van der Waals surface area contributed by atoms with Crippen LogP contribution in [0.3, 0.4) is 0 Å². The molecular formula is C16H34NNaO4S. The maximum Gasteiger partial charge on any atom is 1.00 e. The Labute approximate surface area is 165 Å². The predicted molar refractivity (Wildman–Crippen MR) is 91.6 cm³/mol. The first-order chi connectivity index (χ1) is 10.4. The zero-order valence-electron chi connectivity index (χ0n) is 15.9. The third-order valence-corrected chi connectivity index (χ3v) is 5.13. The average Bonchev–Trinajstić information content (AvgIpc) is 2.44. The molecule has 0 radical (unpaired) electrons. The summed E-state index contributed by atoms with van der Waals surface area (Å²) in [6.45, 7) is 1.87. The number of hydrogen-bond donors (Lipinski definition) is 2. The normalized spacial score (nSPS) is 12.7. The molecule has 0 heterocycles. The largest absolute Gasteiger partial charge is 1.00 e. The smallest absolute Gasteiger partial charge is 1.00 e. The van der Waals surface area contributed by atoms with Crippen LogP contribution in [0, 0.1) is 0 Å². The Hall–Kier alpha value is 0.540. The molecule has 0 aliphatic heterocycles. The molecule has 0 fully saturated rings. The van der Waals surface area contributed by atoms with E-state index in [9.17, 15) is 13.2 Å². The molecule has 0 spiro atoms. The summed E-state index contributed by atoms with van der Waals surface area (Å²) in [6.07, 6.45) is 13.1. The quantitative estimate of drug-likeness (QED) is 0.253. The Morgan fingerprint density at radius 2 is 1.35 bits per heavy atom. The second-order valence-corrected chi connectivity index (χ2v) is 7.59. The summed E-state index contributed by atoms with van der Waals surface area (Å²) in [6, 6.07) is 0. The molecular weight excluding hydrogens is 325 g/mol. The van der Waals surface area contributed by atoms with Crippen molar-refractivity contribution in [2.45, 2.75) is 89.2 Å². The first-order valence-electron chi connectivity index (χ1n) is 8.62. The maximum absolute atomic E-state index is 11.7. The minimum Gasteiger partial charge on any atom is -1.00 e. The third kappa shape index (κ3) is 14.6.